The van der Waals surface area contributed by atoms with Gasteiger partial charge in [-0.15, -0.1) is 0 Å². The highest BCUT2D eigenvalue weighted by Gasteiger charge is 2.19. The summed E-state index contributed by atoms with van der Waals surface area (Å²) in [5.41, 5.74) is 0.892. The van der Waals surface area contributed by atoms with Crippen molar-refractivity contribution < 1.29 is 18.5 Å². The molecule has 5 heteroatoms. The molecule has 0 aliphatic carbocycles. The van der Waals surface area contributed by atoms with Crippen LogP contribution in [0, 0.1) is 0 Å². The normalized spacial score (nSPS) is 14.6. The predicted octanol–water partition coefficient (Wildman–Crippen LogP) is 3.98. The third-order valence-electron chi connectivity index (χ3n) is 2.26. The van der Waals surface area contributed by atoms with Crippen molar-refractivity contribution in [3.63, 3.8) is 0 Å². The minimum Gasteiger partial charge on any atom is -0.412 e. The van der Waals surface area contributed by atoms with E-state index < -0.39 is 7.82 Å². The average molecular weight is 270 g/mol. The zero-order valence-corrected chi connectivity index (χ0v) is 11.4. The summed E-state index contributed by atoms with van der Waals surface area (Å²) < 4.78 is 21.0. The van der Waals surface area contributed by atoms with Crippen molar-refractivity contribution in [2.45, 2.75) is 26.2 Å². The maximum atomic E-state index is 11.4. The molecule has 100 valence electrons. The Bertz CT molecular complexity index is 403. The molecule has 0 saturated heterocycles. The van der Waals surface area contributed by atoms with Crippen LogP contribution in [-0.4, -0.2) is 11.5 Å². The first-order chi connectivity index (χ1) is 8.64. The van der Waals surface area contributed by atoms with E-state index in [2.05, 4.69) is 6.92 Å². The minimum absolute atomic E-state index is 0.237. The van der Waals surface area contributed by atoms with Crippen LogP contribution in [0.3, 0.4) is 0 Å². The third-order valence-corrected chi connectivity index (χ3v) is 3.15. The summed E-state index contributed by atoms with van der Waals surface area (Å²) in [6, 6.07) is 9.37. The second-order valence-corrected chi connectivity index (χ2v) is 5.23. The molecule has 1 rings (SSSR count). The van der Waals surface area contributed by atoms with Gasteiger partial charge in [0.2, 0.25) is 0 Å². The van der Waals surface area contributed by atoms with Crippen molar-refractivity contribution in [2.75, 3.05) is 6.61 Å². The first-order valence-corrected chi connectivity index (χ1v) is 7.51. The third kappa shape index (κ3) is 6.60. The molecule has 1 atom stereocenters. The molecule has 1 unspecified atom stereocenters. The summed E-state index contributed by atoms with van der Waals surface area (Å²) in [4.78, 5) is 9.35. The summed E-state index contributed by atoms with van der Waals surface area (Å²) in [6.45, 7) is 2.29. The van der Waals surface area contributed by atoms with E-state index in [4.69, 9.17) is 9.05 Å². The second-order valence-electron chi connectivity index (χ2n) is 3.83. The fraction of sp³-hybridized carbons (Fsp3) is 0.385. The van der Waals surface area contributed by atoms with Crippen molar-refractivity contribution in [1.82, 2.24) is 0 Å². The van der Waals surface area contributed by atoms with Gasteiger partial charge in [-0.2, -0.15) is 0 Å². The summed E-state index contributed by atoms with van der Waals surface area (Å²) in [7, 11) is -3.96. The molecule has 0 radical (unpaired) electrons. The zero-order chi connectivity index (χ0) is 13.3. The first-order valence-electron chi connectivity index (χ1n) is 6.01. The summed E-state index contributed by atoms with van der Waals surface area (Å²) >= 11 is 0. The summed E-state index contributed by atoms with van der Waals surface area (Å²) in [6.07, 6.45) is 5.56. The van der Waals surface area contributed by atoms with Crippen LogP contribution in [0.5, 0.6) is 0 Å². The average Bonchev–Trinajstić information content (AvgIpc) is 2.36. The maximum Gasteiger partial charge on any atom is 0.526 e. The van der Waals surface area contributed by atoms with E-state index in [1.165, 1.54) is 6.26 Å². The maximum absolute atomic E-state index is 11.4. The van der Waals surface area contributed by atoms with Gasteiger partial charge in [-0.1, -0.05) is 50.1 Å². The number of phosphoric acid groups is 1. The van der Waals surface area contributed by atoms with Crippen LogP contribution >= 0.6 is 7.82 Å². The smallest absolute Gasteiger partial charge is 0.412 e. The molecule has 18 heavy (non-hydrogen) atoms. The lowest BCUT2D eigenvalue weighted by Gasteiger charge is -2.09. The Labute approximate surface area is 108 Å². The van der Waals surface area contributed by atoms with Gasteiger partial charge in [0, 0.05) is 0 Å². The lowest BCUT2D eigenvalue weighted by molar-refractivity contribution is 0.185. The molecular weight excluding hydrogens is 251 g/mol. The minimum atomic E-state index is -3.96. The molecule has 1 aromatic rings. The van der Waals surface area contributed by atoms with Gasteiger partial charge in [-0.05, 0) is 18.1 Å². The van der Waals surface area contributed by atoms with Crippen molar-refractivity contribution in [2.24, 2.45) is 0 Å². The number of benzene rings is 1. The number of phosphoric ester groups is 1. The van der Waals surface area contributed by atoms with E-state index in [1.807, 2.05) is 30.3 Å². The standard InChI is InChI=1S/C13H19O4P/c1-2-3-7-11-16-18(14,15)17-12-10-13-8-5-4-6-9-13/h4-6,8-10,12H,2-3,7,11H2,1H3,(H,14,15)/b12-10+. The van der Waals surface area contributed by atoms with Crippen LogP contribution in [0.25, 0.3) is 6.08 Å². The number of unbranched alkanes of at least 4 members (excludes halogenated alkanes) is 2. The molecule has 0 bridgehead atoms. The van der Waals surface area contributed by atoms with Crippen molar-refractivity contribution >= 4 is 13.9 Å². The van der Waals surface area contributed by atoms with Gasteiger partial charge in [0.05, 0.1) is 12.9 Å². The molecule has 0 aliphatic heterocycles. The Hall–Kier alpha value is -1.09. The molecule has 1 aromatic carbocycles. The summed E-state index contributed by atoms with van der Waals surface area (Å²) in [5.74, 6) is 0. The van der Waals surface area contributed by atoms with E-state index in [9.17, 15) is 9.46 Å². The zero-order valence-electron chi connectivity index (χ0n) is 10.5. The van der Waals surface area contributed by atoms with E-state index in [0.717, 1.165) is 24.8 Å². The van der Waals surface area contributed by atoms with Crippen molar-refractivity contribution in [1.29, 1.82) is 0 Å². The molecule has 0 heterocycles. The Kier molecular flexibility index (Phi) is 6.73. The van der Waals surface area contributed by atoms with E-state index in [0.29, 0.717) is 0 Å². The van der Waals surface area contributed by atoms with Gasteiger partial charge >= 0.3 is 7.82 Å². The number of hydrogen-bond donors (Lipinski definition) is 1. The highest BCUT2D eigenvalue weighted by molar-refractivity contribution is 7.47. The highest BCUT2D eigenvalue weighted by atomic mass is 31.2. The van der Waals surface area contributed by atoms with Gasteiger partial charge in [0.1, 0.15) is 0 Å². The van der Waals surface area contributed by atoms with Crippen LogP contribution in [0.1, 0.15) is 31.7 Å². The monoisotopic (exact) mass is 270 g/mol. The van der Waals surface area contributed by atoms with E-state index >= 15 is 0 Å². The molecule has 0 fully saturated rings. The molecule has 1 N–H and O–H groups in total. The van der Waals surface area contributed by atoms with Crippen LogP contribution in [-0.2, 0) is 13.6 Å². The lowest BCUT2D eigenvalue weighted by Crippen LogP contribution is -1.93. The lowest BCUT2D eigenvalue weighted by atomic mass is 10.2. The molecule has 0 aromatic heterocycles. The predicted molar refractivity (Wildman–Crippen MR) is 71.9 cm³/mol. The van der Waals surface area contributed by atoms with Gasteiger partial charge < -0.3 is 4.52 Å². The van der Waals surface area contributed by atoms with Crippen LogP contribution in [0.15, 0.2) is 36.6 Å². The second kappa shape index (κ2) is 8.09. The fourth-order valence-electron chi connectivity index (χ4n) is 1.31. The molecule has 0 saturated carbocycles. The number of hydrogen-bond acceptors (Lipinski definition) is 3. The first kappa shape index (κ1) is 15.0. The quantitative estimate of drug-likeness (QED) is 0.441. The van der Waals surface area contributed by atoms with Crippen molar-refractivity contribution in [3.05, 3.63) is 42.2 Å². The molecule has 0 aliphatic rings. The van der Waals surface area contributed by atoms with Gasteiger partial charge in [-0.25, -0.2) is 4.57 Å². The Morgan fingerprint density at radius 1 is 1.28 bits per heavy atom. The molecule has 0 amide bonds. The molecule has 0 spiro atoms. The Balaban J connectivity index is 2.32. The SMILES string of the molecule is CCCCCOP(=O)(O)O/C=C/c1ccccc1. The fourth-order valence-corrected chi connectivity index (χ4v) is 1.95. The van der Waals surface area contributed by atoms with E-state index in [1.54, 1.807) is 6.08 Å². The van der Waals surface area contributed by atoms with Crippen LogP contribution < -0.4 is 0 Å². The highest BCUT2D eigenvalue weighted by Crippen LogP contribution is 2.43. The molecule has 4 nitrogen and oxygen atoms in total. The van der Waals surface area contributed by atoms with Gasteiger partial charge in [-0.3, -0.25) is 9.42 Å². The van der Waals surface area contributed by atoms with Gasteiger partial charge in [0.25, 0.3) is 0 Å². The van der Waals surface area contributed by atoms with Gasteiger partial charge in [0.15, 0.2) is 0 Å². The number of rotatable bonds is 8. The topological polar surface area (TPSA) is 55.8 Å². The Morgan fingerprint density at radius 3 is 2.67 bits per heavy atom. The molecular formula is C13H19O4P. The van der Waals surface area contributed by atoms with Crippen molar-refractivity contribution in [3.8, 4) is 0 Å². The largest absolute Gasteiger partial charge is 0.526 e. The van der Waals surface area contributed by atoms with Crippen LogP contribution in [0.4, 0.5) is 0 Å². The van der Waals surface area contributed by atoms with E-state index in [-0.39, 0.29) is 6.61 Å². The Morgan fingerprint density at radius 2 is 2.00 bits per heavy atom. The summed E-state index contributed by atoms with van der Waals surface area (Å²) in [5, 5.41) is 0. The van der Waals surface area contributed by atoms with Crippen LogP contribution in [0.2, 0.25) is 0 Å².